The fraction of sp³-hybridized carbons (Fsp3) is 0.391. The number of carbonyl (C=O) groups excluding carboxylic acids is 2. The summed E-state index contributed by atoms with van der Waals surface area (Å²) in [4.78, 5) is 27.1. The van der Waals surface area contributed by atoms with Gasteiger partial charge < -0.3 is 19.7 Å². The van der Waals surface area contributed by atoms with E-state index in [2.05, 4.69) is 5.32 Å². The van der Waals surface area contributed by atoms with Crippen molar-refractivity contribution in [2.45, 2.75) is 39.3 Å². The Labute approximate surface area is 182 Å². The zero-order chi connectivity index (χ0) is 21.5. The van der Waals surface area contributed by atoms with Crippen molar-refractivity contribution < 1.29 is 19.1 Å². The van der Waals surface area contributed by atoms with Gasteiger partial charge in [-0.2, -0.15) is 0 Å². The lowest BCUT2D eigenvalue weighted by atomic mass is 10.1. The van der Waals surface area contributed by atoms with Crippen molar-refractivity contribution >= 4 is 23.4 Å². The average Bonchev–Trinajstić information content (AvgIpc) is 2.76. The van der Waals surface area contributed by atoms with Crippen LogP contribution in [0.3, 0.4) is 0 Å². The lowest BCUT2D eigenvalue weighted by Crippen LogP contribution is -2.47. The molecule has 0 aliphatic carbocycles. The molecule has 0 saturated carbocycles. The van der Waals surface area contributed by atoms with Gasteiger partial charge in [0.1, 0.15) is 19.3 Å². The van der Waals surface area contributed by atoms with Crippen molar-refractivity contribution in [3.8, 4) is 11.5 Å². The molecule has 1 atom stereocenters. The molecule has 0 bridgehead atoms. The van der Waals surface area contributed by atoms with Gasteiger partial charge in [-0.25, -0.2) is 0 Å². The minimum atomic E-state index is -0.576. The number of benzene rings is 2. The number of carbonyl (C=O) groups is 2. The summed E-state index contributed by atoms with van der Waals surface area (Å²) in [6.07, 6.45) is 0.839. The highest BCUT2D eigenvalue weighted by Crippen LogP contribution is 2.31. The van der Waals surface area contributed by atoms with Crippen LogP contribution in [0, 0.1) is 0 Å². The Morgan fingerprint density at radius 2 is 1.73 bits per heavy atom. The van der Waals surface area contributed by atoms with Crippen LogP contribution < -0.4 is 14.8 Å². The second-order valence-corrected chi connectivity index (χ2v) is 7.63. The number of hydrogen-bond donors (Lipinski definition) is 1. The first-order valence-electron chi connectivity index (χ1n) is 10.2. The maximum atomic E-state index is 13.1. The van der Waals surface area contributed by atoms with Gasteiger partial charge in [0.25, 0.3) is 0 Å². The van der Waals surface area contributed by atoms with Crippen LogP contribution in [0.5, 0.6) is 11.5 Å². The van der Waals surface area contributed by atoms with E-state index in [0.717, 1.165) is 16.9 Å². The van der Waals surface area contributed by atoms with E-state index >= 15 is 0 Å². The monoisotopic (exact) mass is 430 g/mol. The number of nitrogens with zero attached hydrogens (tertiary/aromatic N) is 1. The Balaban J connectivity index is 1.70. The van der Waals surface area contributed by atoms with Crippen molar-refractivity contribution in [1.29, 1.82) is 0 Å². The molecular formula is C23H27ClN2O4. The number of ether oxygens (including phenoxy) is 2. The maximum absolute atomic E-state index is 13.1. The van der Waals surface area contributed by atoms with E-state index < -0.39 is 6.04 Å². The number of rotatable bonds is 8. The van der Waals surface area contributed by atoms with Crippen LogP contribution in [0.1, 0.15) is 31.4 Å². The molecule has 0 fully saturated rings. The van der Waals surface area contributed by atoms with Crippen LogP contribution in [-0.4, -0.2) is 42.5 Å². The summed E-state index contributed by atoms with van der Waals surface area (Å²) in [7, 11) is 0. The first kappa shape index (κ1) is 22.0. The Morgan fingerprint density at radius 1 is 1.07 bits per heavy atom. The molecule has 1 heterocycles. The molecule has 1 aliphatic heterocycles. The van der Waals surface area contributed by atoms with Crippen molar-refractivity contribution in [3.05, 3.63) is 58.6 Å². The summed E-state index contributed by atoms with van der Waals surface area (Å²) in [6.45, 7) is 5.54. The topological polar surface area (TPSA) is 67.9 Å². The summed E-state index contributed by atoms with van der Waals surface area (Å²) < 4.78 is 11.2. The van der Waals surface area contributed by atoms with E-state index in [0.29, 0.717) is 43.5 Å². The lowest BCUT2D eigenvalue weighted by molar-refractivity contribution is -0.140. The van der Waals surface area contributed by atoms with Gasteiger partial charge in [0.15, 0.2) is 11.5 Å². The average molecular weight is 431 g/mol. The summed E-state index contributed by atoms with van der Waals surface area (Å²) in [6, 6.07) is 12.5. The molecule has 1 unspecified atom stereocenters. The maximum Gasteiger partial charge on any atom is 0.242 e. The Kier molecular flexibility index (Phi) is 7.57. The zero-order valence-electron chi connectivity index (χ0n) is 17.3. The zero-order valence-corrected chi connectivity index (χ0v) is 18.1. The number of aryl methyl sites for hydroxylation is 1. The third-order valence-corrected chi connectivity index (χ3v) is 5.27. The molecule has 160 valence electrons. The van der Waals surface area contributed by atoms with E-state index in [1.54, 1.807) is 24.0 Å². The highest BCUT2D eigenvalue weighted by Gasteiger charge is 2.25. The fourth-order valence-corrected chi connectivity index (χ4v) is 3.46. The van der Waals surface area contributed by atoms with E-state index in [9.17, 15) is 9.59 Å². The molecule has 3 rings (SSSR count). The lowest BCUT2D eigenvalue weighted by Gasteiger charge is -2.29. The first-order valence-corrected chi connectivity index (χ1v) is 10.6. The van der Waals surface area contributed by atoms with Crippen LogP contribution in [0.15, 0.2) is 42.5 Å². The van der Waals surface area contributed by atoms with Gasteiger partial charge in [-0.05, 0) is 55.7 Å². The second-order valence-electron chi connectivity index (χ2n) is 7.20. The third-order valence-electron chi connectivity index (χ3n) is 5.02. The van der Waals surface area contributed by atoms with Crippen molar-refractivity contribution in [2.75, 3.05) is 19.8 Å². The SMILES string of the molecule is CCNC(=O)C(C)N(Cc1ccc(Cl)cc1)C(=O)CCc1ccc2c(c1)OCCO2. The van der Waals surface area contributed by atoms with Gasteiger partial charge in [0.05, 0.1) is 0 Å². The van der Waals surface area contributed by atoms with Gasteiger partial charge in [-0.3, -0.25) is 9.59 Å². The van der Waals surface area contributed by atoms with Crippen LogP contribution in [-0.2, 0) is 22.6 Å². The van der Waals surface area contributed by atoms with Crippen molar-refractivity contribution in [3.63, 3.8) is 0 Å². The second kappa shape index (κ2) is 10.3. The predicted octanol–water partition coefficient (Wildman–Crippen LogP) is 3.60. The van der Waals surface area contributed by atoms with E-state index in [1.165, 1.54) is 0 Å². The summed E-state index contributed by atoms with van der Waals surface area (Å²) >= 11 is 5.97. The van der Waals surface area contributed by atoms with Gasteiger partial charge in [0.2, 0.25) is 11.8 Å². The molecule has 0 radical (unpaired) electrons. The fourth-order valence-electron chi connectivity index (χ4n) is 3.33. The smallest absolute Gasteiger partial charge is 0.242 e. The molecule has 2 amide bonds. The molecule has 0 aromatic heterocycles. The molecule has 1 N–H and O–H groups in total. The molecule has 0 spiro atoms. The third kappa shape index (κ3) is 5.66. The van der Waals surface area contributed by atoms with Gasteiger partial charge in [-0.15, -0.1) is 0 Å². The van der Waals surface area contributed by atoms with E-state index in [1.807, 2.05) is 37.3 Å². The first-order chi connectivity index (χ1) is 14.5. The Bertz CT molecular complexity index is 885. The van der Waals surface area contributed by atoms with Crippen LogP contribution >= 0.6 is 11.6 Å². The molecule has 1 aliphatic rings. The molecule has 2 aromatic carbocycles. The van der Waals surface area contributed by atoms with Crippen LogP contribution in [0.2, 0.25) is 5.02 Å². The number of halogens is 1. The standard InChI is InChI=1S/C23H27ClN2O4/c1-3-25-23(28)16(2)26(15-18-4-8-19(24)9-5-18)22(27)11-7-17-6-10-20-21(14-17)30-13-12-29-20/h4-6,8-10,14,16H,3,7,11-13,15H2,1-2H3,(H,25,28). The molecular weight excluding hydrogens is 404 g/mol. The molecule has 7 heteroatoms. The Hall–Kier alpha value is -2.73. The van der Waals surface area contributed by atoms with Gasteiger partial charge >= 0.3 is 0 Å². The quantitative estimate of drug-likeness (QED) is 0.694. The highest BCUT2D eigenvalue weighted by molar-refractivity contribution is 6.30. The normalized spacial score (nSPS) is 13.4. The van der Waals surface area contributed by atoms with Gasteiger partial charge in [-0.1, -0.05) is 29.8 Å². The minimum Gasteiger partial charge on any atom is -0.486 e. The summed E-state index contributed by atoms with van der Waals surface area (Å²) in [5, 5.41) is 3.43. The van der Waals surface area contributed by atoms with Crippen molar-refractivity contribution in [1.82, 2.24) is 10.2 Å². The Morgan fingerprint density at radius 3 is 2.43 bits per heavy atom. The largest absolute Gasteiger partial charge is 0.486 e. The number of hydrogen-bond acceptors (Lipinski definition) is 4. The predicted molar refractivity (Wildman–Crippen MR) is 116 cm³/mol. The van der Waals surface area contributed by atoms with Crippen LogP contribution in [0.25, 0.3) is 0 Å². The number of amides is 2. The number of likely N-dealkylation sites (N-methyl/N-ethyl adjacent to an activating group) is 1. The molecule has 6 nitrogen and oxygen atoms in total. The van der Waals surface area contributed by atoms with Gasteiger partial charge in [0, 0.05) is 24.5 Å². The summed E-state index contributed by atoms with van der Waals surface area (Å²) in [5.74, 6) is 1.18. The summed E-state index contributed by atoms with van der Waals surface area (Å²) in [5.41, 5.74) is 1.91. The van der Waals surface area contributed by atoms with E-state index in [-0.39, 0.29) is 18.2 Å². The molecule has 30 heavy (non-hydrogen) atoms. The molecule has 0 saturated heterocycles. The minimum absolute atomic E-state index is 0.0846. The van der Waals surface area contributed by atoms with E-state index in [4.69, 9.17) is 21.1 Å². The van der Waals surface area contributed by atoms with Crippen molar-refractivity contribution in [2.24, 2.45) is 0 Å². The molecule has 2 aromatic rings. The number of nitrogens with one attached hydrogen (secondary N) is 1. The van der Waals surface area contributed by atoms with Crippen LogP contribution in [0.4, 0.5) is 0 Å². The number of fused-ring (bicyclic) bond motifs is 1. The highest BCUT2D eigenvalue weighted by atomic mass is 35.5.